The van der Waals surface area contributed by atoms with Crippen LogP contribution in [0.15, 0.2) is 46.6 Å². The molecule has 1 aromatic heterocycles. The molecule has 13 heteroatoms. The summed E-state index contributed by atoms with van der Waals surface area (Å²) in [5.41, 5.74) is 0.383. The topological polar surface area (TPSA) is 131 Å². The van der Waals surface area contributed by atoms with Crippen molar-refractivity contribution in [3.8, 4) is 0 Å². The third-order valence-electron chi connectivity index (χ3n) is 6.97. The second-order valence-electron chi connectivity index (χ2n) is 10.9. The van der Waals surface area contributed by atoms with Gasteiger partial charge < -0.3 is 24.5 Å². The van der Waals surface area contributed by atoms with Crippen molar-refractivity contribution < 1.29 is 46.6 Å². The van der Waals surface area contributed by atoms with E-state index in [1.165, 1.54) is 17.1 Å². The Bertz CT molecular complexity index is 1190. The molecule has 2 aliphatic heterocycles. The van der Waals surface area contributed by atoms with E-state index in [4.69, 9.17) is 9.15 Å². The standard InChI is InChI=1S/C29H38F3N3O7/c1-17(2)26-19(4)9-10-24(37)33-11-5-7-18(3)13-20(36)14-21(42-29(30,31)32)15-25-34-22(16-40-25)27(38)35-12-6-8-23(35)28(39)41-26/h5,7,9-10,13,16-17,19-21,23,26,36H,6,8,11-12,14-15H2,1-4H3,(H,33,37)/b7-5?,10-9+,18-13?/t19-,20-,21+,23-,26?/m1/s1. The first-order valence-corrected chi connectivity index (χ1v) is 13.9. The lowest BCUT2D eigenvalue weighted by Gasteiger charge is -2.29. The molecule has 0 aromatic carbocycles. The molecule has 3 rings (SSSR count). The Labute approximate surface area is 242 Å². The summed E-state index contributed by atoms with van der Waals surface area (Å²) in [6, 6.07) is -0.877. The minimum Gasteiger partial charge on any atom is -0.460 e. The van der Waals surface area contributed by atoms with Gasteiger partial charge in [0.15, 0.2) is 11.6 Å². The Morgan fingerprint density at radius 1 is 1.21 bits per heavy atom. The number of carbonyl (C=O) groups is 3. The van der Waals surface area contributed by atoms with E-state index in [0.29, 0.717) is 18.4 Å². The van der Waals surface area contributed by atoms with E-state index >= 15 is 0 Å². The first kappa shape index (κ1) is 33.1. The maximum Gasteiger partial charge on any atom is 0.522 e. The molecule has 1 saturated heterocycles. The third-order valence-corrected chi connectivity index (χ3v) is 6.97. The highest BCUT2D eigenvalue weighted by Gasteiger charge is 2.39. The van der Waals surface area contributed by atoms with E-state index < -0.39 is 55.4 Å². The largest absolute Gasteiger partial charge is 0.522 e. The van der Waals surface area contributed by atoms with E-state index in [-0.39, 0.29) is 42.4 Å². The second kappa shape index (κ2) is 14.6. The van der Waals surface area contributed by atoms with Gasteiger partial charge in [0.25, 0.3) is 5.91 Å². The van der Waals surface area contributed by atoms with Gasteiger partial charge in [-0.25, -0.2) is 9.78 Å². The van der Waals surface area contributed by atoms with Crippen molar-refractivity contribution in [3.63, 3.8) is 0 Å². The lowest BCUT2D eigenvalue weighted by atomic mass is 9.94. The molecule has 0 radical (unpaired) electrons. The minimum atomic E-state index is -4.99. The summed E-state index contributed by atoms with van der Waals surface area (Å²) in [7, 11) is 0. The molecule has 0 aliphatic carbocycles. The third kappa shape index (κ3) is 9.83. The summed E-state index contributed by atoms with van der Waals surface area (Å²) in [6.45, 7) is 7.67. The number of aromatic nitrogens is 1. The fourth-order valence-electron chi connectivity index (χ4n) is 5.03. The monoisotopic (exact) mass is 597 g/mol. The Balaban J connectivity index is 1.91. The molecule has 1 fully saturated rings. The molecule has 10 nitrogen and oxygen atoms in total. The summed E-state index contributed by atoms with van der Waals surface area (Å²) in [4.78, 5) is 44.2. The van der Waals surface area contributed by atoms with Gasteiger partial charge in [0.1, 0.15) is 18.4 Å². The van der Waals surface area contributed by atoms with Gasteiger partial charge in [-0.3, -0.25) is 14.3 Å². The van der Waals surface area contributed by atoms with Crippen LogP contribution in [-0.4, -0.2) is 76.6 Å². The highest BCUT2D eigenvalue weighted by atomic mass is 19.4. The van der Waals surface area contributed by atoms with Crippen molar-refractivity contribution in [2.24, 2.45) is 11.8 Å². The van der Waals surface area contributed by atoms with Crippen molar-refractivity contribution in [1.82, 2.24) is 15.2 Å². The van der Waals surface area contributed by atoms with E-state index in [1.54, 1.807) is 25.2 Å². The number of fused-ring (bicyclic) bond motifs is 3. The summed E-state index contributed by atoms with van der Waals surface area (Å²) in [5.74, 6) is -2.16. The van der Waals surface area contributed by atoms with Crippen LogP contribution < -0.4 is 5.32 Å². The van der Waals surface area contributed by atoms with Crippen molar-refractivity contribution in [1.29, 1.82) is 0 Å². The van der Waals surface area contributed by atoms with E-state index in [2.05, 4.69) is 15.0 Å². The number of nitrogens with zero attached hydrogens (tertiary/aromatic N) is 2. The fourth-order valence-corrected chi connectivity index (χ4v) is 5.03. The zero-order valence-corrected chi connectivity index (χ0v) is 24.1. The number of amides is 2. The van der Waals surface area contributed by atoms with Gasteiger partial charge in [0.2, 0.25) is 5.91 Å². The number of cyclic esters (lactones) is 1. The van der Waals surface area contributed by atoms with Gasteiger partial charge in [0, 0.05) is 25.4 Å². The molecule has 2 aliphatic rings. The molecule has 0 spiro atoms. The molecule has 2 N–H and O–H groups in total. The molecule has 42 heavy (non-hydrogen) atoms. The van der Waals surface area contributed by atoms with Crippen LogP contribution in [0.3, 0.4) is 0 Å². The van der Waals surface area contributed by atoms with Crippen LogP contribution in [-0.2, 0) is 25.5 Å². The lowest BCUT2D eigenvalue weighted by molar-refractivity contribution is -0.344. The summed E-state index contributed by atoms with van der Waals surface area (Å²) < 4.78 is 54.7. The van der Waals surface area contributed by atoms with Gasteiger partial charge in [-0.15, -0.1) is 13.2 Å². The van der Waals surface area contributed by atoms with E-state index in [1.807, 2.05) is 20.8 Å². The molecule has 1 unspecified atom stereocenters. The molecule has 5 atom stereocenters. The van der Waals surface area contributed by atoms with Crippen molar-refractivity contribution in [2.45, 2.75) is 84.1 Å². The zero-order chi connectivity index (χ0) is 31.0. The minimum absolute atomic E-state index is 0.0882. The van der Waals surface area contributed by atoms with Gasteiger partial charge >= 0.3 is 12.3 Å². The average molecular weight is 598 g/mol. The smallest absolute Gasteiger partial charge is 0.460 e. The number of hydrogen-bond acceptors (Lipinski definition) is 8. The van der Waals surface area contributed by atoms with Crippen LogP contribution in [0.25, 0.3) is 0 Å². The zero-order valence-electron chi connectivity index (χ0n) is 24.1. The lowest BCUT2D eigenvalue weighted by Crippen LogP contribution is -2.44. The number of oxazole rings is 1. The predicted molar refractivity (Wildman–Crippen MR) is 145 cm³/mol. The number of alkyl halides is 3. The quantitative estimate of drug-likeness (QED) is 0.492. The number of hydrogen-bond donors (Lipinski definition) is 2. The van der Waals surface area contributed by atoms with Gasteiger partial charge in [-0.05, 0) is 31.8 Å². The first-order valence-electron chi connectivity index (χ1n) is 13.9. The highest BCUT2D eigenvalue weighted by molar-refractivity contribution is 5.95. The molecular formula is C29H38F3N3O7. The van der Waals surface area contributed by atoms with Crippen molar-refractivity contribution in [2.75, 3.05) is 13.1 Å². The number of nitrogens with one attached hydrogen (secondary N) is 1. The van der Waals surface area contributed by atoms with Crippen LogP contribution in [0.1, 0.15) is 63.3 Å². The van der Waals surface area contributed by atoms with E-state index in [9.17, 15) is 32.7 Å². The maximum absolute atomic E-state index is 13.3. The number of esters is 1. The summed E-state index contributed by atoms with van der Waals surface area (Å²) in [6.07, 6.45) is 0.231. The molecule has 0 saturated carbocycles. The molecule has 2 bridgehead atoms. The van der Waals surface area contributed by atoms with Gasteiger partial charge in [-0.1, -0.05) is 50.6 Å². The van der Waals surface area contributed by atoms with Crippen LogP contribution in [0.5, 0.6) is 0 Å². The van der Waals surface area contributed by atoms with Crippen LogP contribution in [0.4, 0.5) is 13.2 Å². The number of aliphatic hydroxyl groups excluding tert-OH is 1. The number of allylic oxidation sites excluding steroid dienone is 2. The summed E-state index contributed by atoms with van der Waals surface area (Å²) >= 11 is 0. The van der Waals surface area contributed by atoms with E-state index in [0.717, 1.165) is 6.26 Å². The molecule has 2 amide bonds. The Kier molecular flexibility index (Phi) is 11.5. The molecule has 232 valence electrons. The van der Waals surface area contributed by atoms with Crippen molar-refractivity contribution >= 4 is 17.8 Å². The van der Waals surface area contributed by atoms with Crippen LogP contribution in [0, 0.1) is 11.8 Å². The number of aliphatic hydroxyl groups is 1. The Morgan fingerprint density at radius 2 is 1.95 bits per heavy atom. The number of halogens is 3. The van der Waals surface area contributed by atoms with Crippen molar-refractivity contribution in [3.05, 3.63) is 53.8 Å². The summed E-state index contributed by atoms with van der Waals surface area (Å²) in [5, 5.41) is 13.1. The van der Waals surface area contributed by atoms with Crippen LogP contribution in [0.2, 0.25) is 0 Å². The fraction of sp³-hybridized carbons (Fsp3) is 0.586. The Hall–Kier alpha value is -3.45. The number of rotatable bonds is 2. The van der Waals surface area contributed by atoms with Crippen LogP contribution >= 0.6 is 0 Å². The molecule has 1 aromatic rings. The first-order chi connectivity index (χ1) is 19.7. The second-order valence-corrected chi connectivity index (χ2v) is 10.9. The maximum atomic E-state index is 13.3. The normalized spacial score (nSPS) is 28.2. The van der Waals surface area contributed by atoms with Gasteiger partial charge in [-0.2, -0.15) is 0 Å². The van der Waals surface area contributed by atoms with Gasteiger partial charge in [0.05, 0.1) is 18.6 Å². The number of carbonyl (C=O) groups excluding carboxylic acids is 3. The predicted octanol–water partition coefficient (Wildman–Crippen LogP) is 3.87. The highest BCUT2D eigenvalue weighted by Crippen LogP contribution is 2.27. The SMILES string of the molecule is CC1=C[C@@H](O)C[C@H](OC(F)(F)F)Cc2nc(co2)C(=O)N2CCC[C@@H]2C(=O)OC(C(C)C)[C@H](C)/C=C/C(=O)NCC=C1. The molecule has 3 heterocycles. The number of ether oxygens (including phenoxy) is 2. The average Bonchev–Trinajstić information content (AvgIpc) is 3.56. The molecular weight excluding hydrogens is 559 g/mol. The Morgan fingerprint density at radius 3 is 2.64 bits per heavy atom.